The monoisotopic (exact) mass is 493 g/mol. The van der Waals surface area contributed by atoms with Crippen LogP contribution in [0.15, 0.2) is 77.4 Å². The average Bonchev–Trinajstić information content (AvgIpc) is 3.62. The van der Waals surface area contributed by atoms with E-state index in [-0.39, 0.29) is 17.6 Å². The molecule has 0 atom stereocenters. The second-order valence-electron chi connectivity index (χ2n) is 7.42. The molecule has 3 N–H and O–H groups in total. The lowest BCUT2D eigenvalue weighted by molar-refractivity contribution is -0.122. The minimum absolute atomic E-state index is 0.128. The number of carbonyl (C=O) groups excluding carboxylic acids is 1. The smallest absolute Gasteiger partial charge is 0.223 e. The van der Waals surface area contributed by atoms with Crippen molar-refractivity contribution in [1.82, 2.24) is 19.9 Å². The summed E-state index contributed by atoms with van der Waals surface area (Å²) in [6.07, 6.45) is 3.67. The van der Waals surface area contributed by atoms with Crippen LogP contribution in [0.4, 0.5) is 5.82 Å². The van der Waals surface area contributed by atoms with Gasteiger partial charge in [0.05, 0.1) is 16.4 Å². The van der Waals surface area contributed by atoms with Gasteiger partial charge in [0.1, 0.15) is 11.6 Å². The summed E-state index contributed by atoms with van der Waals surface area (Å²) >= 11 is 3.46. The lowest BCUT2D eigenvalue weighted by Crippen LogP contribution is -2.30. The summed E-state index contributed by atoms with van der Waals surface area (Å²) in [5.74, 6) is 1.24. The van der Waals surface area contributed by atoms with Crippen molar-refractivity contribution in [3.63, 3.8) is 0 Å². The number of amides is 1. The fraction of sp³-hybridized carbons (Fsp3) is 0.208. The van der Waals surface area contributed by atoms with Crippen LogP contribution in [-0.4, -0.2) is 38.7 Å². The molecule has 1 aliphatic rings. The van der Waals surface area contributed by atoms with Crippen LogP contribution in [0.25, 0.3) is 16.9 Å². The van der Waals surface area contributed by atoms with Crippen LogP contribution in [0.3, 0.4) is 0 Å². The molecule has 164 valence electrons. The van der Waals surface area contributed by atoms with Gasteiger partial charge in [-0.3, -0.25) is 4.79 Å². The molecule has 7 nitrogen and oxygen atoms in total. The summed E-state index contributed by atoms with van der Waals surface area (Å²) in [6, 6.07) is 20.9. The lowest BCUT2D eigenvalue weighted by Gasteiger charge is -2.12. The van der Waals surface area contributed by atoms with Gasteiger partial charge >= 0.3 is 0 Å². The topological polar surface area (TPSA) is 91.5 Å². The van der Waals surface area contributed by atoms with Crippen LogP contribution in [0.2, 0.25) is 0 Å². The molecule has 0 radical (unpaired) electrons. The highest BCUT2D eigenvalue weighted by atomic mass is 79.9. The van der Waals surface area contributed by atoms with Crippen LogP contribution in [0.5, 0.6) is 5.75 Å². The summed E-state index contributed by atoms with van der Waals surface area (Å²) in [6.45, 7) is 1.10. The third-order valence-electron chi connectivity index (χ3n) is 4.95. The van der Waals surface area contributed by atoms with E-state index in [1.54, 1.807) is 22.8 Å². The normalized spacial score (nSPS) is 12.7. The summed E-state index contributed by atoms with van der Waals surface area (Å²) in [4.78, 5) is 16.3. The summed E-state index contributed by atoms with van der Waals surface area (Å²) < 4.78 is 2.45. The molecule has 2 aromatic carbocycles. The Bertz CT molecular complexity index is 1160. The van der Waals surface area contributed by atoms with Crippen molar-refractivity contribution >= 4 is 33.3 Å². The molecular weight excluding hydrogens is 470 g/mol. The summed E-state index contributed by atoms with van der Waals surface area (Å²) in [5, 5.41) is 20.7. The molecule has 1 fully saturated rings. The molecule has 2 aromatic heterocycles. The Labute approximate surface area is 194 Å². The van der Waals surface area contributed by atoms with E-state index in [9.17, 15) is 9.90 Å². The van der Waals surface area contributed by atoms with Gasteiger partial charge in [0, 0.05) is 30.6 Å². The number of phenols is 1. The number of anilines is 1. The van der Waals surface area contributed by atoms with E-state index in [0.29, 0.717) is 30.0 Å². The van der Waals surface area contributed by atoms with E-state index < -0.39 is 0 Å². The molecule has 1 amide bonds. The first-order valence-electron chi connectivity index (χ1n) is 10.5. The Morgan fingerprint density at radius 1 is 1.06 bits per heavy atom. The molecule has 0 unspecified atom stereocenters. The maximum atomic E-state index is 11.7. The molecule has 1 aliphatic carbocycles. The number of fused-ring (bicyclic) bond motifs is 1. The van der Waals surface area contributed by atoms with Gasteiger partial charge in [0.2, 0.25) is 5.91 Å². The molecular formula is C24H24BrN5O2. The summed E-state index contributed by atoms with van der Waals surface area (Å²) in [5.41, 5.74) is 1.93. The molecule has 5 rings (SSSR count). The zero-order chi connectivity index (χ0) is 22.3. The van der Waals surface area contributed by atoms with Gasteiger partial charge < -0.3 is 15.7 Å². The van der Waals surface area contributed by atoms with E-state index in [0.717, 1.165) is 23.1 Å². The minimum atomic E-state index is 0.128. The number of hydrogen-bond acceptors (Lipinski definition) is 5. The van der Waals surface area contributed by atoms with E-state index in [2.05, 4.69) is 36.6 Å². The number of para-hydroxylation sites is 1. The Morgan fingerprint density at radius 2 is 1.75 bits per heavy atom. The number of halogens is 1. The zero-order valence-electron chi connectivity index (χ0n) is 17.4. The first kappa shape index (κ1) is 21.8. The molecule has 4 aromatic rings. The van der Waals surface area contributed by atoms with E-state index in [4.69, 9.17) is 0 Å². The predicted octanol–water partition coefficient (Wildman–Crippen LogP) is 4.49. The molecule has 0 bridgehead atoms. The lowest BCUT2D eigenvalue weighted by atomic mass is 10.1. The van der Waals surface area contributed by atoms with Gasteiger partial charge in [-0.1, -0.05) is 48.5 Å². The van der Waals surface area contributed by atoms with Gasteiger partial charge in [-0.15, -0.1) is 0 Å². The maximum absolute atomic E-state index is 11.7. The van der Waals surface area contributed by atoms with Crippen molar-refractivity contribution in [3.8, 4) is 17.0 Å². The first-order chi connectivity index (χ1) is 15.6. The quantitative estimate of drug-likeness (QED) is 0.344. The number of aromatic hydroxyl groups is 1. The Balaban J connectivity index is 0.000000354. The van der Waals surface area contributed by atoms with Crippen molar-refractivity contribution in [1.29, 1.82) is 0 Å². The number of nitrogens with zero attached hydrogens (tertiary/aromatic N) is 3. The number of hydrogen-bond donors (Lipinski definition) is 3. The van der Waals surface area contributed by atoms with Crippen LogP contribution in [0.1, 0.15) is 12.8 Å². The van der Waals surface area contributed by atoms with Gasteiger partial charge in [0.15, 0.2) is 5.65 Å². The molecule has 8 heteroatoms. The van der Waals surface area contributed by atoms with Gasteiger partial charge in [-0.2, -0.15) is 9.61 Å². The van der Waals surface area contributed by atoms with E-state index in [1.807, 2.05) is 54.6 Å². The van der Waals surface area contributed by atoms with Crippen LogP contribution < -0.4 is 10.6 Å². The SMILES string of the molecule is O=C(NCCNc1cc(-c2ccccc2O)nc2c(Br)cnn12)C1CC1.c1ccccc1. The Morgan fingerprint density at radius 3 is 2.41 bits per heavy atom. The van der Waals surface area contributed by atoms with Crippen molar-refractivity contribution in [2.45, 2.75) is 12.8 Å². The number of benzene rings is 2. The van der Waals surface area contributed by atoms with Crippen LogP contribution in [0, 0.1) is 5.92 Å². The van der Waals surface area contributed by atoms with E-state index >= 15 is 0 Å². The molecule has 1 saturated carbocycles. The van der Waals surface area contributed by atoms with Crippen molar-refractivity contribution < 1.29 is 9.90 Å². The fourth-order valence-electron chi connectivity index (χ4n) is 3.14. The van der Waals surface area contributed by atoms with Gasteiger partial charge in [-0.25, -0.2) is 4.98 Å². The fourth-order valence-corrected chi connectivity index (χ4v) is 3.49. The molecule has 0 spiro atoms. The van der Waals surface area contributed by atoms with Crippen LogP contribution in [-0.2, 0) is 4.79 Å². The van der Waals surface area contributed by atoms with Crippen LogP contribution >= 0.6 is 15.9 Å². The predicted molar refractivity (Wildman–Crippen MR) is 128 cm³/mol. The number of nitrogens with one attached hydrogen (secondary N) is 2. The molecule has 2 heterocycles. The maximum Gasteiger partial charge on any atom is 0.223 e. The second-order valence-corrected chi connectivity index (χ2v) is 8.27. The van der Waals surface area contributed by atoms with Crippen molar-refractivity contribution in [2.24, 2.45) is 5.92 Å². The highest BCUT2D eigenvalue weighted by Gasteiger charge is 2.29. The van der Waals surface area contributed by atoms with E-state index in [1.165, 1.54) is 0 Å². The summed E-state index contributed by atoms with van der Waals surface area (Å²) in [7, 11) is 0. The van der Waals surface area contributed by atoms with Gasteiger partial charge in [-0.05, 0) is 40.9 Å². The number of aromatic nitrogens is 3. The number of rotatable bonds is 6. The molecule has 0 saturated heterocycles. The first-order valence-corrected chi connectivity index (χ1v) is 11.3. The zero-order valence-corrected chi connectivity index (χ0v) is 19.0. The Hall–Kier alpha value is -3.39. The molecule has 0 aliphatic heterocycles. The van der Waals surface area contributed by atoms with Crippen molar-refractivity contribution in [2.75, 3.05) is 18.4 Å². The molecule has 32 heavy (non-hydrogen) atoms. The number of carbonyl (C=O) groups is 1. The highest BCUT2D eigenvalue weighted by Crippen LogP contribution is 2.31. The average molecular weight is 494 g/mol. The van der Waals surface area contributed by atoms with Crippen molar-refractivity contribution in [3.05, 3.63) is 77.4 Å². The Kier molecular flexibility index (Phi) is 7.01. The number of phenolic OH excluding ortho intramolecular Hbond substituents is 1. The minimum Gasteiger partial charge on any atom is -0.507 e. The largest absolute Gasteiger partial charge is 0.507 e. The van der Waals surface area contributed by atoms with Gasteiger partial charge in [0.25, 0.3) is 0 Å². The standard InChI is InChI=1S/C18H18BrN5O2.C6H6/c19-13-10-22-24-16(20-7-8-21-18(26)11-5-6-11)9-14(23-17(13)24)12-3-1-2-4-15(12)25;1-2-4-6-5-3-1/h1-4,9-11,20,25H,5-8H2,(H,21,26);1-6H. The highest BCUT2D eigenvalue weighted by molar-refractivity contribution is 9.10. The second kappa shape index (κ2) is 10.3. The third-order valence-corrected chi connectivity index (χ3v) is 5.51. The third kappa shape index (κ3) is 5.45.